The molecular formula is C14H15BrFNO3. The van der Waals surface area contributed by atoms with Crippen molar-refractivity contribution in [1.82, 2.24) is 5.32 Å². The van der Waals surface area contributed by atoms with Gasteiger partial charge < -0.3 is 10.4 Å². The average Bonchev–Trinajstić information content (AvgIpc) is 2.41. The Morgan fingerprint density at radius 1 is 1.30 bits per heavy atom. The molecule has 1 aromatic carbocycles. The van der Waals surface area contributed by atoms with Gasteiger partial charge in [0.2, 0.25) is 0 Å². The maximum absolute atomic E-state index is 13.2. The molecule has 0 aliphatic heterocycles. The van der Waals surface area contributed by atoms with E-state index in [-0.39, 0.29) is 5.56 Å². The first-order valence-electron chi connectivity index (χ1n) is 6.48. The lowest BCUT2D eigenvalue weighted by molar-refractivity contribution is -0.143. The van der Waals surface area contributed by atoms with Crippen molar-refractivity contribution in [3.05, 3.63) is 34.1 Å². The number of benzene rings is 1. The van der Waals surface area contributed by atoms with Gasteiger partial charge in [-0.3, -0.25) is 9.59 Å². The van der Waals surface area contributed by atoms with Gasteiger partial charge in [0.15, 0.2) is 0 Å². The first-order valence-corrected chi connectivity index (χ1v) is 7.27. The van der Waals surface area contributed by atoms with Gasteiger partial charge in [-0.25, -0.2) is 4.39 Å². The van der Waals surface area contributed by atoms with Gasteiger partial charge >= 0.3 is 5.97 Å². The molecule has 2 unspecified atom stereocenters. The highest BCUT2D eigenvalue weighted by molar-refractivity contribution is 9.10. The van der Waals surface area contributed by atoms with Crippen molar-refractivity contribution in [2.45, 2.75) is 31.7 Å². The molecule has 4 nitrogen and oxygen atoms in total. The van der Waals surface area contributed by atoms with Gasteiger partial charge in [-0.2, -0.15) is 0 Å². The van der Waals surface area contributed by atoms with Crippen LogP contribution in [0.3, 0.4) is 0 Å². The van der Waals surface area contributed by atoms with E-state index in [0.29, 0.717) is 17.3 Å². The van der Waals surface area contributed by atoms with Crippen LogP contribution in [0, 0.1) is 11.7 Å². The molecular weight excluding hydrogens is 329 g/mol. The molecule has 2 N–H and O–H groups in total. The number of carboxylic acids is 1. The largest absolute Gasteiger partial charge is 0.481 e. The van der Waals surface area contributed by atoms with Crippen LogP contribution in [-0.2, 0) is 4.79 Å². The summed E-state index contributed by atoms with van der Waals surface area (Å²) >= 11 is 3.20. The third kappa shape index (κ3) is 3.36. The summed E-state index contributed by atoms with van der Waals surface area (Å²) in [4.78, 5) is 23.3. The molecule has 1 aliphatic carbocycles. The van der Waals surface area contributed by atoms with Crippen LogP contribution in [-0.4, -0.2) is 23.0 Å². The number of hydrogen-bond donors (Lipinski definition) is 2. The van der Waals surface area contributed by atoms with Crippen molar-refractivity contribution in [3.63, 3.8) is 0 Å². The zero-order valence-corrected chi connectivity index (χ0v) is 12.3. The summed E-state index contributed by atoms with van der Waals surface area (Å²) in [6, 6.07) is 3.45. The fourth-order valence-electron chi connectivity index (χ4n) is 2.52. The normalized spacial score (nSPS) is 22.3. The molecule has 108 valence electrons. The molecule has 2 atom stereocenters. The van der Waals surface area contributed by atoms with Gasteiger partial charge in [0.1, 0.15) is 5.82 Å². The number of nitrogens with one attached hydrogen (secondary N) is 1. The fraction of sp³-hybridized carbons (Fsp3) is 0.429. The second kappa shape index (κ2) is 6.35. The van der Waals surface area contributed by atoms with E-state index in [0.717, 1.165) is 18.9 Å². The van der Waals surface area contributed by atoms with Gasteiger partial charge in [-0.15, -0.1) is 0 Å². The van der Waals surface area contributed by atoms with Gasteiger partial charge in [-0.1, -0.05) is 12.8 Å². The minimum atomic E-state index is -0.895. The number of carbonyl (C=O) groups is 2. The molecule has 0 saturated heterocycles. The number of carboxylic acid groups (broad SMARTS) is 1. The van der Waals surface area contributed by atoms with Crippen LogP contribution in [0.25, 0.3) is 0 Å². The molecule has 1 saturated carbocycles. The van der Waals surface area contributed by atoms with E-state index in [1.54, 1.807) is 0 Å². The van der Waals surface area contributed by atoms with Crippen LogP contribution in [0.2, 0.25) is 0 Å². The Morgan fingerprint density at radius 3 is 2.70 bits per heavy atom. The van der Waals surface area contributed by atoms with E-state index in [9.17, 15) is 19.1 Å². The summed E-state index contributed by atoms with van der Waals surface area (Å²) in [5.74, 6) is -2.42. The molecule has 1 fully saturated rings. The molecule has 0 heterocycles. The Hall–Kier alpha value is -1.43. The van der Waals surface area contributed by atoms with Crippen molar-refractivity contribution in [1.29, 1.82) is 0 Å². The maximum atomic E-state index is 13.2. The van der Waals surface area contributed by atoms with Crippen LogP contribution in [0.4, 0.5) is 4.39 Å². The first-order chi connectivity index (χ1) is 9.49. The molecule has 2 rings (SSSR count). The quantitative estimate of drug-likeness (QED) is 0.886. The minimum Gasteiger partial charge on any atom is -0.481 e. The molecule has 0 radical (unpaired) electrons. The SMILES string of the molecule is O=C(NC1CCCCC1C(=O)O)c1cc(F)ccc1Br. The molecule has 1 amide bonds. The van der Waals surface area contributed by atoms with Crippen LogP contribution in [0.15, 0.2) is 22.7 Å². The zero-order chi connectivity index (χ0) is 14.7. The van der Waals surface area contributed by atoms with E-state index in [1.807, 2.05) is 0 Å². The van der Waals surface area contributed by atoms with Gasteiger partial charge in [0.25, 0.3) is 5.91 Å². The van der Waals surface area contributed by atoms with E-state index in [1.165, 1.54) is 12.1 Å². The predicted octanol–water partition coefficient (Wildman–Crippen LogP) is 2.96. The fourth-order valence-corrected chi connectivity index (χ4v) is 2.94. The highest BCUT2D eigenvalue weighted by Crippen LogP contribution is 2.26. The monoisotopic (exact) mass is 343 g/mol. The van der Waals surface area contributed by atoms with E-state index >= 15 is 0 Å². The van der Waals surface area contributed by atoms with Crippen molar-refractivity contribution in [3.8, 4) is 0 Å². The number of amides is 1. The Balaban J connectivity index is 2.13. The summed E-state index contributed by atoms with van der Waals surface area (Å²) in [6.45, 7) is 0. The Labute approximate surface area is 124 Å². The third-order valence-electron chi connectivity index (χ3n) is 3.57. The topological polar surface area (TPSA) is 66.4 Å². The highest BCUT2D eigenvalue weighted by atomic mass is 79.9. The summed E-state index contributed by atoms with van der Waals surface area (Å²) < 4.78 is 13.7. The van der Waals surface area contributed by atoms with Crippen molar-refractivity contribution >= 4 is 27.8 Å². The number of carbonyl (C=O) groups excluding carboxylic acids is 1. The summed E-state index contributed by atoms with van der Waals surface area (Å²) in [7, 11) is 0. The Bertz CT molecular complexity index is 535. The molecule has 20 heavy (non-hydrogen) atoms. The number of rotatable bonds is 3. The summed E-state index contributed by atoms with van der Waals surface area (Å²) in [5.41, 5.74) is 0.180. The summed E-state index contributed by atoms with van der Waals surface area (Å²) in [5, 5.41) is 11.9. The lowest BCUT2D eigenvalue weighted by atomic mass is 9.84. The number of halogens is 2. The first kappa shape index (κ1) is 15.0. The number of hydrogen-bond acceptors (Lipinski definition) is 2. The Morgan fingerprint density at radius 2 is 2.00 bits per heavy atom. The van der Waals surface area contributed by atoms with E-state index in [2.05, 4.69) is 21.2 Å². The lowest BCUT2D eigenvalue weighted by Gasteiger charge is -2.29. The van der Waals surface area contributed by atoms with Crippen LogP contribution >= 0.6 is 15.9 Å². The minimum absolute atomic E-state index is 0.180. The second-order valence-electron chi connectivity index (χ2n) is 4.93. The molecule has 0 spiro atoms. The number of aliphatic carboxylic acids is 1. The van der Waals surface area contributed by atoms with Gasteiger partial charge in [-0.05, 0) is 47.0 Å². The second-order valence-corrected chi connectivity index (χ2v) is 5.79. The summed E-state index contributed by atoms with van der Waals surface area (Å²) in [6.07, 6.45) is 2.94. The molecule has 0 bridgehead atoms. The maximum Gasteiger partial charge on any atom is 0.308 e. The van der Waals surface area contributed by atoms with Crippen LogP contribution in [0.5, 0.6) is 0 Å². The van der Waals surface area contributed by atoms with Crippen molar-refractivity contribution < 1.29 is 19.1 Å². The average molecular weight is 344 g/mol. The molecule has 6 heteroatoms. The predicted molar refractivity (Wildman–Crippen MR) is 74.9 cm³/mol. The van der Waals surface area contributed by atoms with Crippen molar-refractivity contribution in [2.75, 3.05) is 0 Å². The highest BCUT2D eigenvalue weighted by Gasteiger charge is 2.32. The Kier molecular flexibility index (Phi) is 4.75. The zero-order valence-electron chi connectivity index (χ0n) is 10.7. The lowest BCUT2D eigenvalue weighted by Crippen LogP contribution is -2.45. The molecule has 1 aliphatic rings. The van der Waals surface area contributed by atoms with Gasteiger partial charge in [0, 0.05) is 10.5 Å². The van der Waals surface area contributed by atoms with E-state index < -0.39 is 29.7 Å². The van der Waals surface area contributed by atoms with Crippen LogP contribution < -0.4 is 5.32 Å². The standard InChI is InChI=1S/C14H15BrFNO3/c15-11-6-5-8(16)7-10(11)13(18)17-12-4-2-1-3-9(12)14(19)20/h5-7,9,12H,1-4H2,(H,17,18)(H,19,20). The van der Waals surface area contributed by atoms with Gasteiger partial charge in [0.05, 0.1) is 11.5 Å². The van der Waals surface area contributed by atoms with Crippen molar-refractivity contribution in [2.24, 2.45) is 5.92 Å². The molecule has 1 aromatic rings. The van der Waals surface area contributed by atoms with E-state index in [4.69, 9.17) is 0 Å². The smallest absolute Gasteiger partial charge is 0.308 e. The third-order valence-corrected chi connectivity index (χ3v) is 4.26. The molecule has 0 aromatic heterocycles. The van der Waals surface area contributed by atoms with Crippen LogP contribution in [0.1, 0.15) is 36.0 Å².